The molecule has 0 aliphatic carbocycles. The Morgan fingerprint density at radius 1 is 0.838 bits per heavy atom. The van der Waals surface area contributed by atoms with Crippen molar-refractivity contribution < 1.29 is 13.6 Å². The predicted molar refractivity (Wildman–Crippen MR) is 161 cm³/mol. The Balaban J connectivity index is 2.67. The van der Waals surface area contributed by atoms with Gasteiger partial charge in [0.1, 0.15) is 12.4 Å². The Morgan fingerprint density at radius 3 is 1.70 bits per heavy atom. The van der Waals surface area contributed by atoms with Crippen LogP contribution in [0.25, 0.3) is 0 Å². The summed E-state index contributed by atoms with van der Waals surface area (Å²) >= 11 is 0. The molecular formula is C29H57N3O3Si2. The highest BCUT2D eigenvalue weighted by Crippen LogP contribution is 2.49. The van der Waals surface area contributed by atoms with Crippen LogP contribution in [-0.4, -0.2) is 44.9 Å². The molecule has 2 rings (SSSR count). The summed E-state index contributed by atoms with van der Waals surface area (Å²) in [6.45, 7) is 30.5. The normalized spacial score (nSPS) is 23.9. The third kappa shape index (κ3) is 6.34. The van der Waals surface area contributed by atoms with Crippen molar-refractivity contribution in [1.29, 1.82) is 0 Å². The molecule has 1 aromatic rings. The first-order valence-electron chi connectivity index (χ1n) is 14.7. The monoisotopic (exact) mass is 551 g/mol. The standard InChI is InChI=1S/C29H57N3O3Si2/c1-14-25-29(35-37(21(8)9,22(10)11)23(12)13)27(34-36(18(2)3,19(4)5)20(6)7)15-26(33-25)28-24(30)16-31-17-32-28/h16-23,25-27,29H,14-15,30H2,1-13H3/t25-,26+,27-,29-/m1/s1. The Morgan fingerprint density at radius 2 is 1.30 bits per heavy atom. The van der Waals surface area contributed by atoms with Crippen molar-refractivity contribution in [3.8, 4) is 0 Å². The number of rotatable bonds is 12. The van der Waals surface area contributed by atoms with E-state index in [4.69, 9.17) is 19.3 Å². The van der Waals surface area contributed by atoms with E-state index in [-0.39, 0.29) is 24.4 Å². The first-order valence-corrected chi connectivity index (χ1v) is 19.0. The lowest BCUT2D eigenvalue weighted by Crippen LogP contribution is -2.61. The molecule has 2 heterocycles. The molecule has 1 aromatic heterocycles. The van der Waals surface area contributed by atoms with Crippen LogP contribution in [0.1, 0.15) is 115 Å². The van der Waals surface area contributed by atoms with Crippen molar-refractivity contribution in [1.82, 2.24) is 9.97 Å². The van der Waals surface area contributed by atoms with Crippen LogP contribution in [0.3, 0.4) is 0 Å². The molecule has 0 radical (unpaired) electrons. The molecule has 214 valence electrons. The molecule has 0 aromatic carbocycles. The van der Waals surface area contributed by atoms with Crippen molar-refractivity contribution >= 4 is 22.3 Å². The number of hydrogen-bond donors (Lipinski definition) is 1. The first kappa shape index (κ1) is 32.4. The van der Waals surface area contributed by atoms with Crippen LogP contribution in [0, 0.1) is 0 Å². The van der Waals surface area contributed by atoms with Crippen LogP contribution in [0.15, 0.2) is 12.5 Å². The lowest BCUT2D eigenvalue weighted by Gasteiger charge is -2.53. The summed E-state index contributed by atoms with van der Waals surface area (Å²) in [6, 6.07) is 0. The number of anilines is 1. The zero-order chi connectivity index (χ0) is 28.3. The molecule has 0 spiro atoms. The van der Waals surface area contributed by atoms with Crippen LogP contribution < -0.4 is 5.73 Å². The van der Waals surface area contributed by atoms with Gasteiger partial charge in [0.2, 0.25) is 16.6 Å². The highest BCUT2D eigenvalue weighted by molar-refractivity contribution is 6.78. The van der Waals surface area contributed by atoms with E-state index in [1.54, 1.807) is 12.5 Å². The van der Waals surface area contributed by atoms with E-state index in [2.05, 4.69) is 100.0 Å². The fourth-order valence-electron chi connectivity index (χ4n) is 7.63. The molecule has 1 aliphatic heterocycles. The Labute approximate surface area is 230 Å². The van der Waals surface area contributed by atoms with E-state index in [9.17, 15) is 0 Å². The van der Waals surface area contributed by atoms with Crippen molar-refractivity contribution in [3.05, 3.63) is 18.2 Å². The van der Waals surface area contributed by atoms with E-state index >= 15 is 0 Å². The van der Waals surface area contributed by atoms with Gasteiger partial charge in [-0.05, 0) is 39.7 Å². The summed E-state index contributed by atoms with van der Waals surface area (Å²) in [7, 11) is -4.36. The summed E-state index contributed by atoms with van der Waals surface area (Å²) in [4.78, 5) is 8.67. The van der Waals surface area contributed by atoms with Crippen molar-refractivity contribution in [3.63, 3.8) is 0 Å². The van der Waals surface area contributed by atoms with Gasteiger partial charge >= 0.3 is 0 Å². The highest BCUT2D eigenvalue weighted by atomic mass is 28.4. The van der Waals surface area contributed by atoms with E-state index < -0.39 is 16.6 Å². The van der Waals surface area contributed by atoms with Gasteiger partial charge in [0.05, 0.1) is 35.9 Å². The van der Waals surface area contributed by atoms with Gasteiger partial charge in [0.15, 0.2) is 0 Å². The second kappa shape index (κ2) is 13.0. The zero-order valence-corrected chi connectivity index (χ0v) is 28.0. The van der Waals surface area contributed by atoms with Gasteiger partial charge in [-0.25, -0.2) is 9.97 Å². The first-order chi connectivity index (χ1) is 17.2. The highest BCUT2D eigenvalue weighted by Gasteiger charge is 2.54. The summed E-state index contributed by atoms with van der Waals surface area (Å²) in [6.07, 6.45) is 4.30. The fraction of sp³-hybridized carbons (Fsp3) is 0.862. The molecule has 0 bridgehead atoms. The minimum atomic E-state index is -2.18. The van der Waals surface area contributed by atoms with Crippen LogP contribution >= 0.6 is 0 Å². The average Bonchev–Trinajstić information content (AvgIpc) is 2.79. The zero-order valence-electron chi connectivity index (χ0n) is 26.0. The molecule has 8 heteroatoms. The third-order valence-electron chi connectivity index (χ3n) is 9.11. The third-order valence-corrected chi connectivity index (χ3v) is 21.3. The molecule has 1 aliphatic rings. The van der Waals surface area contributed by atoms with Crippen LogP contribution in [0.4, 0.5) is 5.69 Å². The Kier molecular flexibility index (Phi) is 11.4. The SMILES string of the molecule is CC[C@H]1O[C@H](c2ncncc2N)C[C@@H](O[Si](C(C)C)(C(C)C)C(C)C)[C@@H]1O[Si](C(C)C)(C(C)C)C(C)C. The molecule has 0 amide bonds. The van der Waals surface area contributed by atoms with Crippen LogP contribution in [-0.2, 0) is 13.6 Å². The topological polar surface area (TPSA) is 79.5 Å². The number of nitrogens with two attached hydrogens (primary N) is 1. The number of hydrogen-bond acceptors (Lipinski definition) is 6. The molecule has 1 saturated heterocycles. The van der Waals surface area contributed by atoms with E-state index in [1.165, 1.54) is 0 Å². The van der Waals surface area contributed by atoms with Gasteiger partial charge in [0.25, 0.3) is 0 Å². The van der Waals surface area contributed by atoms with Gasteiger partial charge in [-0.1, -0.05) is 90.0 Å². The van der Waals surface area contributed by atoms with E-state index in [0.29, 0.717) is 45.4 Å². The lowest BCUT2D eigenvalue weighted by atomic mass is 9.94. The summed E-state index contributed by atoms with van der Waals surface area (Å²) in [5, 5.41) is 0. The maximum atomic E-state index is 7.56. The minimum Gasteiger partial charge on any atom is -0.410 e. The van der Waals surface area contributed by atoms with Gasteiger partial charge in [-0.2, -0.15) is 0 Å². The number of ether oxygens (including phenoxy) is 1. The quantitative estimate of drug-likeness (QED) is 0.263. The van der Waals surface area contributed by atoms with Crippen molar-refractivity contribution in [2.75, 3.05) is 5.73 Å². The Bertz CT molecular complexity index is 804. The fourth-order valence-corrected chi connectivity index (χ4v) is 18.8. The maximum absolute atomic E-state index is 7.56. The van der Waals surface area contributed by atoms with Crippen LogP contribution in [0.2, 0.25) is 33.2 Å². The predicted octanol–water partition coefficient (Wildman–Crippen LogP) is 8.42. The second-order valence-electron chi connectivity index (χ2n) is 13.0. The Hall–Kier alpha value is -0.806. The van der Waals surface area contributed by atoms with Gasteiger partial charge in [0, 0.05) is 6.42 Å². The lowest BCUT2D eigenvalue weighted by molar-refractivity contribution is -0.163. The number of aromatic nitrogens is 2. The molecule has 1 fully saturated rings. The summed E-state index contributed by atoms with van der Waals surface area (Å²) in [5.41, 5.74) is 10.6. The smallest absolute Gasteiger partial charge is 0.201 e. The van der Waals surface area contributed by atoms with Gasteiger partial charge < -0.3 is 19.3 Å². The molecule has 2 N–H and O–H groups in total. The van der Waals surface area contributed by atoms with Gasteiger partial charge in [-0.15, -0.1) is 0 Å². The largest absolute Gasteiger partial charge is 0.410 e. The van der Waals surface area contributed by atoms with Crippen molar-refractivity contribution in [2.24, 2.45) is 0 Å². The van der Waals surface area contributed by atoms with E-state index in [0.717, 1.165) is 12.1 Å². The molecule has 37 heavy (non-hydrogen) atoms. The number of nitrogen functional groups attached to an aromatic ring is 1. The molecule has 6 nitrogen and oxygen atoms in total. The maximum Gasteiger partial charge on any atom is 0.201 e. The van der Waals surface area contributed by atoms with Gasteiger partial charge in [-0.3, -0.25) is 0 Å². The second-order valence-corrected chi connectivity index (χ2v) is 23.9. The minimum absolute atomic E-state index is 0.0694. The summed E-state index contributed by atoms with van der Waals surface area (Å²) < 4.78 is 21.9. The summed E-state index contributed by atoms with van der Waals surface area (Å²) in [5.74, 6) is 0. The molecular weight excluding hydrogens is 495 g/mol. The molecule has 4 atom stereocenters. The molecule has 0 unspecified atom stereocenters. The average molecular weight is 552 g/mol. The van der Waals surface area contributed by atoms with Crippen molar-refractivity contribution in [2.45, 2.75) is 161 Å². The number of nitrogens with zero attached hydrogens (tertiary/aromatic N) is 2. The van der Waals surface area contributed by atoms with E-state index in [1.807, 2.05) is 0 Å². The molecule has 0 saturated carbocycles. The van der Waals surface area contributed by atoms with Crippen LogP contribution in [0.5, 0.6) is 0 Å².